The third-order valence-corrected chi connectivity index (χ3v) is 2.72. The fraction of sp³-hybridized carbons (Fsp3) is 0.133. The Morgan fingerprint density at radius 2 is 2.00 bits per heavy atom. The molecule has 0 atom stereocenters. The molecule has 0 amide bonds. The van der Waals surface area contributed by atoms with Gasteiger partial charge in [-0.2, -0.15) is 0 Å². The predicted molar refractivity (Wildman–Crippen MR) is 78.5 cm³/mol. The van der Waals surface area contributed by atoms with Crippen molar-refractivity contribution in [3.05, 3.63) is 69.8 Å². The van der Waals surface area contributed by atoms with Crippen molar-refractivity contribution in [2.45, 2.75) is 6.61 Å². The molecule has 108 valence electrons. The Hall–Kier alpha value is -2.89. The number of rotatable bonds is 6. The molecule has 6 nitrogen and oxygen atoms in total. The SMILES string of the molecule is CON=Cc1cccc(OCc2ccc([N+](=O)[O-])cc2)c1. The number of oxime groups is 1. The Kier molecular flexibility index (Phi) is 4.87. The number of ether oxygens (including phenoxy) is 1. The Labute approximate surface area is 121 Å². The summed E-state index contributed by atoms with van der Waals surface area (Å²) in [7, 11) is 1.48. The molecule has 0 unspecified atom stereocenters. The summed E-state index contributed by atoms with van der Waals surface area (Å²) in [6.07, 6.45) is 1.58. The van der Waals surface area contributed by atoms with Crippen LogP contribution in [0, 0.1) is 10.1 Å². The average molecular weight is 286 g/mol. The van der Waals surface area contributed by atoms with Crippen molar-refractivity contribution >= 4 is 11.9 Å². The number of nitro groups is 1. The number of hydrogen-bond donors (Lipinski definition) is 0. The van der Waals surface area contributed by atoms with Crippen LogP contribution >= 0.6 is 0 Å². The molecule has 0 saturated carbocycles. The van der Waals surface area contributed by atoms with E-state index in [-0.39, 0.29) is 5.69 Å². The van der Waals surface area contributed by atoms with Crippen molar-refractivity contribution in [2.24, 2.45) is 5.16 Å². The Morgan fingerprint density at radius 3 is 2.67 bits per heavy atom. The van der Waals surface area contributed by atoms with Gasteiger partial charge < -0.3 is 9.57 Å². The fourth-order valence-electron chi connectivity index (χ4n) is 1.68. The van der Waals surface area contributed by atoms with E-state index in [9.17, 15) is 10.1 Å². The Morgan fingerprint density at radius 1 is 1.24 bits per heavy atom. The molecule has 2 rings (SSSR count). The molecular formula is C15H14N2O4. The lowest BCUT2D eigenvalue weighted by atomic mass is 10.2. The number of nitro benzene ring substituents is 1. The molecule has 0 aromatic heterocycles. The molecule has 2 aromatic rings. The first kappa shape index (κ1) is 14.5. The van der Waals surface area contributed by atoms with E-state index in [1.54, 1.807) is 18.3 Å². The highest BCUT2D eigenvalue weighted by molar-refractivity contribution is 5.79. The second-order valence-corrected chi connectivity index (χ2v) is 4.20. The molecule has 0 radical (unpaired) electrons. The van der Waals surface area contributed by atoms with Crippen molar-refractivity contribution in [1.82, 2.24) is 0 Å². The van der Waals surface area contributed by atoms with Crippen molar-refractivity contribution in [1.29, 1.82) is 0 Å². The van der Waals surface area contributed by atoms with Gasteiger partial charge in [-0.15, -0.1) is 0 Å². The van der Waals surface area contributed by atoms with Gasteiger partial charge in [0.15, 0.2) is 0 Å². The van der Waals surface area contributed by atoms with E-state index in [4.69, 9.17) is 4.74 Å². The van der Waals surface area contributed by atoms with Crippen LogP contribution in [0.3, 0.4) is 0 Å². The van der Waals surface area contributed by atoms with Gasteiger partial charge in [0, 0.05) is 12.1 Å². The maximum absolute atomic E-state index is 10.6. The van der Waals surface area contributed by atoms with E-state index in [0.717, 1.165) is 11.1 Å². The van der Waals surface area contributed by atoms with Crippen LogP contribution in [0.5, 0.6) is 5.75 Å². The fourth-order valence-corrected chi connectivity index (χ4v) is 1.68. The topological polar surface area (TPSA) is 74.0 Å². The summed E-state index contributed by atoms with van der Waals surface area (Å²) in [6, 6.07) is 13.6. The zero-order valence-electron chi connectivity index (χ0n) is 11.4. The molecule has 0 saturated heterocycles. The van der Waals surface area contributed by atoms with Gasteiger partial charge in [0.1, 0.15) is 19.5 Å². The maximum Gasteiger partial charge on any atom is 0.269 e. The zero-order chi connectivity index (χ0) is 15.1. The minimum absolute atomic E-state index is 0.0662. The van der Waals surface area contributed by atoms with Gasteiger partial charge in [-0.25, -0.2) is 0 Å². The minimum Gasteiger partial charge on any atom is -0.489 e. The van der Waals surface area contributed by atoms with E-state index in [1.165, 1.54) is 19.2 Å². The van der Waals surface area contributed by atoms with Gasteiger partial charge in [0.25, 0.3) is 5.69 Å². The van der Waals surface area contributed by atoms with Crippen LogP contribution in [0.1, 0.15) is 11.1 Å². The van der Waals surface area contributed by atoms with Gasteiger partial charge in [-0.3, -0.25) is 10.1 Å². The second-order valence-electron chi connectivity index (χ2n) is 4.20. The van der Waals surface area contributed by atoms with Crippen LogP contribution in [-0.2, 0) is 11.4 Å². The molecule has 0 aliphatic heterocycles. The summed E-state index contributed by atoms with van der Waals surface area (Å²) in [5, 5.41) is 14.3. The molecule has 0 bridgehead atoms. The second kappa shape index (κ2) is 7.04. The number of hydrogen-bond acceptors (Lipinski definition) is 5. The molecule has 0 spiro atoms. The maximum atomic E-state index is 10.6. The summed E-state index contributed by atoms with van der Waals surface area (Å²) >= 11 is 0. The third kappa shape index (κ3) is 4.31. The highest BCUT2D eigenvalue weighted by Crippen LogP contribution is 2.16. The monoisotopic (exact) mass is 286 g/mol. The van der Waals surface area contributed by atoms with Crippen molar-refractivity contribution < 1.29 is 14.5 Å². The summed E-state index contributed by atoms with van der Waals surface area (Å²) < 4.78 is 5.64. The van der Waals surface area contributed by atoms with Gasteiger partial charge in [-0.05, 0) is 35.4 Å². The summed E-state index contributed by atoms with van der Waals surface area (Å²) in [4.78, 5) is 14.8. The lowest BCUT2D eigenvalue weighted by molar-refractivity contribution is -0.384. The molecule has 0 aliphatic rings. The number of nitrogens with zero attached hydrogens (tertiary/aromatic N) is 2. The Bertz CT molecular complexity index is 638. The molecule has 2 aromatic carbocycles. The molecular weight excluding hydrogens is 272 g/mol. The lowest BCUT2D eigenvalue weighted by Gasteiger charge is -2.06. The van der Waals surface area contributed by atoms with Crippen molar-refractivity contribution in [3.63, 3.8) is 0 Å². The summed E-state index contributed by atoms with van der Waals surface area (Å²) in [6.45, 7) is 0.336. The third-order valence-electron chi connectivity index (χ3n) is 2.72. The first-order chi connectivity index (χ1) is 10.2. The normalized spacial score (nSPS) is 10.5. The zero-order valence-corrected chi connectivity index (χ0v) is 11.4. The quantitative estimate of drug-likeness (QED) is 0.464. The van der Waals surface area contributed by atoms with Crippen molar-refractivity contribution in [2.75, 3.05) is 7.11 Å². The van der Waals surface area contributed by atoms with Crippen LogP contribution in [-0.4, -0.2) is 18.2 Å². The highest BCUT2D eigenvalue weighted by Gasteiger charge is 2.04. The van der Waals surface area contributed by atoms with E-state index in [1.807, 2.05) is 24.3 Å². The van der Waals surface area contributed by atoms with Gasteiger partial charge in [-0.1, -0.05) is 17.3 Å². The molecule has 0 aliphatic carbocycles. The van der Waals surface area contributed by atoms with Gasteiger partial charge in [0.05, 0.1) is 11.1 Å². The van der Waals surface area contributed by atoms with E-state index in [2.05, 4.69) is 9.99 Å². The summed E-state index contributed by atoms with van der Waals surface area (Å²) in [5.74, 6) is 0.688. The van der Waals surface area contributed by atoms with Crippen molar-refractivity contribution in [3.8, 4) is 5.75 Å². The predicted octanol–water partition coefficient (Wildman–Crippen LogP) is 3.15. The van der Waals surface area contributed by atoms with Crippen LogP contribution < -0.4 is 4.74 Å². The highest BCUT2D eigenvalue weighted by atomic mass is 16.6. The minimum atomic E-state index is -0.427. The smallest absolute Gasteiger partial charge is 0.269 e. The van der Waals surface area contributed by atoms with Crippen LogP contribution in [0.4, 0.5) is 5.69 Å². The van der Waals surface area contributed by atoms with Crippen LogP contribution in [0.15, 0.2) is 53.7 Å². The van der Waals surface area contributed by atoms with E-state index < -0.39 is 4.92 Å². The number of non-ortho nitro benzene ring substituents is 1. The first-order valence-electron chi connectivity index (χ1n) is 6.22. The largest absolute Gasteiger partial charge is 0.489 e. The van der Waals surface area contributed by atoms with Gasteiger partial charge >= 0.3 is 0 Å². The van der Waals surface area contributed by atoms with E-state index >= 15 is 0 Å². The Balaban J connectivity index is 1.99. The molecule has 21 heavy (non-hydrogen) atoms. The molecule has 0 heterocycles. The first-order valence-corrected chi connectivity index (χ1v) is 6.22. The van der Waals surface area contributed by atoms with Gasteiger partial charge in [0.2, 0.25) is 0 Å². The number of benzene rings is 2. The molecule has 0 N–H and O–H groups in total. The molecule has 0 fully saturated rings. The summed E-state index contributed by atoms with van der Waals surface area (Å²) in [5.41, 5.74) is 1.78. The standard InChI is InChI=1S/C15H14N2O4/c1-20-16-10-13-3-2-4-15(9-13)21-11-12-5-7-14(8-6-12)17(18)19/h2-10H,11H2,1H3. The van der Waals surface area contributed by atoms with Crippen LogP contribution in [0.25, 0.3) is 0 Å². The molecule has 6 heteroatoms. The van der Waals surface area contributed by atoms with Crippen LogP contribution in [0.2, 0.25) is 0 Å². The average Bonchev–Trinajstić information content (AvgIpc) is 2.52. The van der Waals surface area contributed by atoms with E-state index in [0.29, 0.717) is 12.4 Å². The lowest BCUT2D eigenvalue weighted by Crippen LogP contribution is -1.96.